The van der Waals surface area contributed by atoms with Crippen molar-refractivity contribution in [2.45, 2.75) is 6.54 Å². The third-order valence-corrected chi connectivity index (χ3v) is 5.15. The van der Waals surface area contributed by atoms with Crippen LogP contribution in [0.4, 0.5) is 5.69 Å². The van der Waals surface area contributed by atoms with Crippen LogP contribution in [0.1, 0.15) is 5.56 Å². The second kappa shape index (κ2) is 8.43. The topological polar surface area (TPSA) is 105 Å². The van der Waals surface area contributed by atoms with E-state index in [2.05, 4.69) is 20.6 Å². The summed E-state index contributed by atoms with van der Waals surface area (Å²) in [7, 11) is 0. The summed E-state index contributed by atoms with van der Waals surface area (Å²) < 4.78 is 10.7. The Morgan fingerprint density at radius 2 is 1.81 bits per heavy atom. The molecule has 0 aliphatic carbocycles. The van der Waals surface area contributed by atoms with Crippen LogP contribution in [0.2, 0.25) is 0 Å². The maximum absolute atomic E-state index is 12.6. The summed E-state index contributed by atoms with van der Waals surface area (Å²) in [5.74, 6) is 1.20. The summed E-state index contributed by atoms with van der Waals surface area (Å²) in [6.07, 6.45) is 0. The van der Waals surface area contributed by atoms with Gasteiger partial charge in [0.25, 0.3) is 5.56 Å². The molecule has 5 rings (SSSR count). The summed E-state index contributed by atoms with van der Waals surface area (Å²) in [4.78, 5) is 32.4. The van der Waals surface area contributed by atoms with E-state index in [-0.39, 0.29) is 24.8 Å². The highest BCUT2D eigenvalue weighted by atomic mass is 16.7. The number of H-pyrrole nitrogens is 1. The van der Waals surface area contributed by atoms with Crippen LogP contribution in [0, 0.1) is 0 Å². The average Bonchev–Trinajstić information content (AvgIpc) is 3.29. The Morgan fingerprint density at radius 3 is 2.75 bits per heavy atom. The average molecular weight is 428 g/mol. The Labute approximate surface area is 183 Å². The fourth-order valence-electron chi connectivity index (χ4n) is 3.55. The van der Waals surface area contributed by atoms with Crippen LogP contribution in [0.15, 0.2) is 71.5 Å². The minimum absolute atomic E-state index is 0.0487. The summed E-state index contributed by atoms with van der Waals surface area (Å²) in [6, 6.07) is 20.2. The lowest BCUT2D eigenvalue weighted by molar-refractivity contribution is -0.119. The van der Waals surface area contributed by atoms with Crippen LogP contribution in [-0.4, -0.2) is 29.2 Å². The number of amides is 1. The van der Waals surface area contributed by atoms with Gasteiger partial charge in [0.05, 0.1) is 17.6 Å². The first kappa shape index (κ1) is 19.6. The van der Waals surface area contributed by atoms with E-state index < -0.39 is 0 Å². The minimum atomic E-state index is -0.287. The lowest BCUT2D eigenvalue weighted by atomic mass is 10.1. The van der Waals surface area contributed by atoms with Crippen molar-refractivity contribution in [3.8, 4) is 22.8 Å². The van der Waals surface area contributed by atoms with E-state index in [1.165, 1.54) is 0 Å². The van der Waals surface area contributed by atoms with E-state index in [1.54, 1.807) is 6.07 Å². The van der Waals surface area contributed by atoms with E-state index >= 15 is 0 Å². The van der Waals surface area contributed by atoms with Crippen LogP contribution in [0.25, 0.3) is 22.3 Å². The Kier molecular flexibility index (Phi) is 5.17. The van der Waals surface area contributed by atoms with Gasteiger partial charge in [-0.2, -0.15) is 0 Å². The number of aromatic nitrogens is 2. The van der Waals surface area contributed by atoms with Gasteiger partial charge in [0.15, 0.2) is 11.5 Å². The first-order valence-corrected chi connectivity index (χ1v) is 10.1. The molecule has 3 N–H and O–H groups in total. The molecule has 4 aromatic rings. The molecule has 0 saturated heterocycles. The Bertz CT molecular complexity index is 1370. The van der Waals surface area contributed by atoms with Crippen LogP contribution in [0.3, 0.4) is 0 Å². The lowest BCUT2D eigenvalue weighted by Gasteiger charge is -2.12. The smallest absolute Gasteiger partial charge is 0.275 e. The normalized spacial score (nSPS) is 12.0. The van der Waals surface area contributed by atoms with Gasteiger partial charge in [0.1, 0.15) is 5.69 Å². The highest BCUT2D eigenvalue weighted by Gasteiger charge is 2.14. The van der Waals surface area contributed by atoms with Crippen LogP contribution in [0.5, 0.6) is 11.5 Å². The summed E-state index contributed by atoms with van der Waals surface area (Å²) >= 11 is 0. The van der Waals surface area contributed by atoms with Gasteiger partial charge in [0, 0.05) is 17.8 Å². The number of hydrogen-bond acceptors (Lipinski definition) is 6. The molecule has 1 aromatic heterocycles. The number of para-hydroxylation sites is 3. The Hall–Kier alpha value is -4.33. The van der Waals surface area contributed by atoms with Crippen LogP contribution in [-0.2, 0) is 11.3 Å². The zero-order valence-electron chi connectivity index (χ0n) is 17.1. The first-order valence-electron chi connectivity index (χ1n) is 10.1. The molecule has 0 saturated carbocycles. The molecule has 0 unspecified atom stereocenters. The van der Waals surface area contributed by atoms with E-state index in [0.717, 1.165) is 5.56 Å². The maximum atomic E-state index is 12.6. The zero-order chi connectivity index (χ0) is 21.9. The molecule has 0 bridgehead atoms. The van der Waals surface area contributed by atoms with Crippen LogP contribution < -0.4 is 25.7 Å². The molecule has 0 atom stereocenters. The highest BCUT2D eigenvalue weighted by molar-refractivity contribution is 5.85. The van der Waals surface area contributed by atoms with Gasteiger partial charge in [-0.25, -0.2) is 4.98 Å². The van der Waals surface area contributed by atoms with E-state index in [4.69, 9.17) is 9.47 Å². The molecule has 2 heterocycles. The minimum Gasteiger partial charge on any atom is -0.454 e. The van der Waals surface area contributed by atoms with Gasteiger partial charge in [-0.05, 0) is 35.9 Å². The van der Waals surface area contributed by atoms with Gasteiger partial charge in [-0.15, -0.1) is 0 Å². The molecule has 0 fully saturated rings. The maximum Gasteiger partial charge on any atom is 0.275 e. The van der Waals surface area contributed by atoms with Gasteiger partial charge < -0.3 is 25.1 Å². The van der Waals surface area contributed by atoms with Crippen molar-refractivity contribution >= 4 is 22.6 Å². The summed E-state index contributed by atoms with van der Waals surface area (Å²) in [6.45, 7) is 0.626. The molecule has 1 aliphatic heterocycles. The van der Waals surface area contributed by atoms with Crippen molar-refractivity contribution in [3.05, 3.63) is 82.6 Å². The predicted molar refractivity (Wildman–Crippen MR) is 121 cm³/mol. The number of fused-ring (bicyclic) bond motifs is 2. The van der Waals surface area contributed by atoms with E-state index in [0.29, 0.717) is 46.0 Å². The molecule has 3 aromatic carbocycles. The van der Waals surface area contributed by atoms with Crippen molar-refractivity contribution in [2.75, 3.05) is 18.7 Å². The summed E-state index contributed by atoms with van der Waals surface area (Å²) in [5.41, 5.74) is 3.57. The number of aromatic amines is 1. The standard InChI is InChI=1S/C24H20N4O4/c29-22(26-12-15-9-10-20-21(11-15)32-14-31-20)13-25-17-6-2-1-5-16(17)23-24(30)28-19-8-4-3-7-18(19)27-23/h1-11,25H,12-14H2,(H,26,29)(H,28,30). The number of nitrogens with one attached hydrogen (secondary N) is 3. The Balaban J connectivity index is 1.28. The predicted octanol–water partition coefficient (Wildman–Crippen LogP) is 3.05. The fourth-order valence-corrected chi connectivity index (χ4v) is 3.55. The van der Waals surface area contributed by atoms with Crippen molar-refractivity contribution < 1.29 is 14.3 Å². The second-order valence-corrected chi connectivity index (χ2v) is 7.30. The van der Waals surface area contributed by atoms with Crippen molar-refractivity contribution in [1.82, 2.24) is 15.3 Å². The number of carbonyl (C=O) groups is 1. The molecule has 0 spiro atoms. The van der Waals surface area contributed by atoms with E-state index in [9.17, 15) is 9.59 Å². The lowest BCUT2D eigenvalue weighted by Crippen LogP contribution is -2.29. The Morgan fingerprint density at radius 1 is 1.00 bits per heavy atom. The van der Waals surface area contributed by atoms with Crippen LogP contribution >= 0.6 is 0 Å². The van der Waals surface area contributed by atoms with Crippen molar-refractivity contribution in [2.24, 2.45) is 0 Å². The fraction of sp³-hybridized carbons (Fsp3) is 0.125. The van der Waals surface area contributed by atoms with Gasteiger partial charge in [-0.3, -0.25) is 9.59 Å². The molecule has 0 radical (unpaired) electrons. The third-order valence-electron chi connectivity index (χ3n) is 5.15. The second-order valence-electron chi connectivity index (χ2n) is 7.30. The highest BCUT2D eigenvalue weighted by Crippen LogP contribution is 2.32. The number of nitrogens with zero attached hydrogens (tertiary/aromatic N) is 1. The van der Waals surface area contributed by atoms with Gasteiger partial charge in [-0.1, -0.05) is 36.4 Å². The van der Waals surface area contributed by atoms with Gasteiger partial charge >= 0.3 is 0 Å². The molecule has 8 heteroatoms. The zero-order valence-corrected chi connectivity index (χ0v) is 17.1. The molecule has 1 aliphatic rings. The molecule has 160 valence electrons. The molecular weight excluding hydrogens is 408 g/mol. The van der Waals surface area contributed by atoms with Crippen molar-refractivity contribution in [1.29, 1.82) is 0 Å². The number of ether oxygens (including phenoxy) is 2. The molecule has 32 heavy (non-hydrogen) atoms. The first-order chi connectivity index (χ1) is 15.7. The third kappa shape index (κ3) is 3.98. The number of anilines is 1. The molecule has 1 amide bonds. The monoisotopic (exact) mass is 428 g/mol. The van der Waals surface area contributed by atoms with Gasteiger partial charge in [0.2, 0.25) is 12.7 Å². The summed E-state index contributed by atoms with van der Waals surface area (Å²) in [5, 5.41) is 5.99. The number of hydrogen-bond donors (Lipinski definition) is 3. The number of carbonyl (C=O) groups excluding carboxylic acids is 1. The number of benzene rings is 3. The SMILES string of the molecule is O=C(CNc1ccccc1-c1nc2ccccc2[nH]c1=O)NCc1ccc2c(c1)OCO2. The largest absolute Gasteiger partial charge is 0.454 e. The van der Waals surface area contributed by atoms with E-state index in [1.807, 2.05) is 60.7 Å². The van der Waals surface area contributed by atoms with Crippen molar-refractivity contribution in [3.63, 3.8) is 0 Å². The quantitative estimate of drug-likeness (QED) is 0.436. The number of rotatable bonds is 6. The molecule has 8 nitrogen and oxygen atoms in total. The molecular formula is C24H20N4O4.